The van der Waals surface area contributed by atoms with Crippen LogP contribution in [0.3, 0.4) is 0 Å². The SMILES string of the molecule is O=C1N[C@@H]2C(=C[C@H](O)[C@H]3OP(=O)(O)O[C@H]32)c2cc3c(c(O)c21)OCO3.c1cncnc1. The number of nitrogens with zero attached hydrogens (tertiary/aromatic N) is 2. The average Bonchev–Trinajstić information content (AvgIpc) is 3.35. The summed E-state index contributed by atoms with van der Waals surface area (Å²) in [5.74, 6) is -0.637. The van der Waals surface area contributed by atoms with E-state index in [-0.39, 0.29) is 29.6 Å². The van der Waals surface area contributed by atoms with Crippen molar-refractivity contribution in [2.75, 3.05) is 6.79 Å². The summed E-state index contributed by atoms with van der Waals surface area (Å²) in [6.07, 6.45) is 2.92. The van der Waals surface area contributed by atoms with Crippen LogP contribution in [0, 0.1) is 0 Å². The Morgan fingerprint density at radius 3 is 2.58 bits per heavy atom. The Labute approximate surface area is 174 Å². The van der Waals surface area contributed by atoms with E-state index in [4.69, 9.17) is 18.5 Å². The lowest BCUT2D eigenvalue weighted by atomic mass is 9.79. The van der Waals surface area contributed by atoms with Gasteiger partial charge in [0.15, 0.2) is 11.5 Å². The first-order chi connectivity index (χ1) is 14.9. The third kappa shape index (κ3) is 3.34. The summed E-state index contributed by atoms with van der Waals surface area (Å²) in [5, 5.41) is 23.2. The van der Waals surface area contributed by atoms with Gasteiger partial charge in [0, 0.05) is 18.0 Å². The summed E-state index contributed by atoms with van der Waals surface area (Å²) >= 11 is 0. The molecular formula is C18H16N3O9P. The van der Waals surface area contributed by atoms with Crippen LogP contribution in [0.15, 0.2) is 36.9 Å². The second-order valence-corrected chi connectivity index (χ2v) is 8.32. The van der Waals surface area contributed by atoms with Crippen LogP contribution in [0.4, 0.5) is 0 Å². The minimum absolute atomic E-state index is 0.0245. The van der Waals surface area contributed by atoms with Crippen molar-refractivity contribution in [3.8, 4) is 17.2 Å². The van der Waals surface area contributed by atoms with E-state index in [1.165, 1.54) is 18.5 Å². The third-order valence-corrected chi connectivity index (χ3v) is 6.14. The number of aliphatic hydroxyl groups is 1. The highest BCUT2D eigenvalue weighted by Crippen LogP contribution is 2.57. The number of phenols is 1. The highest BCUT2D eigenvalue weighted by molar-refractivity contribution is 7.47. The van der Waals surface area contributed by atoms with Crippen LogP contribution in [-0.4, -0.2) is 62.1 Å². The van der Waals surface area contributed by atoms with Crippen LogP contribution in [0.5, 0.6) is 17.2 Å². The summed E-state index contributed by atoms with van der Waals surface area (Å²) in [6.45, 7) is -0.0894. The minimum atomic E-state index is -4.31. The van der Waals surface area contributed by atoms with Gasteiger partial charge in [-0.2, -0.15) is 0 Å². The molecule has 13 heteroatoms. The number of hydrogen-bond donors (Lipinski definition) is 4. The molecule has 3 aliphatic heterocycles. The molecular weight excluding hydrogens is 433 g/mol. The molecule has 0 radical (unpaired) electrons. The van der Waals surface area contributed by atoms with Gasteiger partial charge >= 0.3 is 7.82 Å². The van der Waals surface area contributed by atoms with Crippen LogP contribution < -0.4 is 14.8 Å². The number of carbonyl (C=O) groups excluding carboxylic acids is 1. The van der Waals surface area contributed by atoms with E-state index in [1.54, 1.807) is 18.5 Å². The van der Waals surface area contributed by atoms with Gasteiger partial charge in [-0.1, -0.05) is 0 Å². The molecule has 2 aromatic rings. The molecule has 1 aromatic heterocycles. The molecule has 1 unspecified atom stereocenters. The molecule has 1 aromatic carbocycles. The van der Waals surface area contributed by atoms with Crippen molar-refractivity contribution < 1.29 is 43.0 Å². The average molecular weight is 449 g/mol. The molecule has 1 amide bonds. The number of hydrogen-bond acceptors (Lipinski definition) is 10. The quantitative estimate of drug-likeness (QED) is 0.409. The smallest absolute Gasteiger partial charge is 0.473 e. The monoisotopic (exact) mass is 449 g/mol. The summed E-state index contributed by atoms with van der Waals surface area (Å²) in [4.78, 5) is 29.4. The summed E-state index contributed by atoms with van der Waals surface area (Å²) in [5.41, 5.74) is 0.738. The molecule has 1 saturated heterocycles. The minimum Gasteiger partial charge on any atom is -0.504 e. The zero-order valence-electron chi connectivity index (χ0n) is 15.6. The molecule has 4 heterocycles. The van der Waals surface area contributed by atoms with Crippen molar-refractivity contribution in [2.24, 2.45) is 0 Å². The van der Waals surface area contributed by atoms with Gasteiger partial charge in [0.2, 0.25) is 12.5 Å². The Morgan fingerprint density at radius 2 is 1.90 bits per heavy atom. The van der Waals surface area contributed by atoms with Gasteiger partial charge < -0.3 is 29.9 Å². The molecule has 12 nitrogen and oxygen atoms in total. The Bertz CT molecular complexity index is 1100. The molecule has 1 fully saturated rings. The normalized spacial score (nSPS) is 31.9. The first-order valence-corrected chi connectivity index (χ1v) is 10.6. The number of rotatable bonds is 0. The van der Waals surface area contributed by atoms with E-state index >= 15 is 0 Å². The number of fused-ring (bicyclic) bond motifs is 6. The molecule has 31 heavy (non-hydrogen) atoms. The number of nitrogens with one attached hydrogen (secondary N) is 1. The molecule has 162 valence electrons. The largest absolute Gasteiger partial charge is 0.504 e. The molecule has 4 aliphatic rings. The maximum atomic E-state index is 12.5. The predicted molar refractivity (Wildman–Crippen MR) is 101 cm³/mol. The summed E-state index contributed by atoms with van der Waals surface area (Å²) in [6, 6.07) is 2.48. The van der Waals surface area contributed by atoms with E-state index in [9.17, 15) is 24.5 Å². The molecule has 6 rings (SSSR count). The van der Waals surface area contributed by atoms with Crippen LogP contribution in [0.1, 0.15) is 15.9 Å². The van der Waals surface area contributed by atoms with Crippen molar-refractivity contribution >= 4 is 19.3 Å². The van der Waals surface area contributed by atoms with Crippen molar-refractivity contribution in [2.45, 2.75) is 24.4 Å². The van der Waals surface area contributed by atoms with Gasteiger partial charge in [-0.25, -0.2) is 14.5 Å². The zero-order valence-corrected chi connectivity index (χ0v) is 16.5. The van der Waals surface area contributed by atoms with Crippen LogP contribution in [0.25, 0.3) is 5.57 Å². The van der Waals surface area contributed by atoms with Crippen molar-refractivity contribution in [3.05, 3.63) is 48.1 Å². The topological polar surface area (TPSA) is 170 Å². The van der Waals surface area contributed by atoms with Gasteiger partial charge in [-0.15, -0.1) is 0 Å². The number of phosphoric acid groups is 1. The Morgan fingerprint density at radius 1 is 1.16 bits per heavy atom. The van der Waals surface area contributed by atoms with Crippen molar-refractivity contribution in [1.29, 1.82) is 0 Å². The number of phenolic OH excluding ortho intramolecular Hbond substituents is 1. The Balaban J connectivity index is 0.000000296. The maximum Gasteiger partial charge on any atom is 0.473 e. The number of phosphoric ester groups is 1. The fraction of sp³-hybridized carbons (Fsp3) is 0.278. The van der Waals surface area contributed by atoms with Crippen LogP contribution in [-0.2, 0) is 13.6 Å². The highest BCUT2D eigenvalue weighted by atomic mass is 31.2. The van der Waals surface area contributed by atoms with Crippen LogP contribution in [0.2, 0.25) is 0 Å². The molecule has 0 spiro atoms. The van der Waals surface area contributed by atoms with Gasteiger partial charge in [-0.05, 0) is 23.8 Å². The zero-order chi connectivity index (χ0) is 21.8. The Hall–Kier alpha value is -3.02. The first kappa shape index (κ1) is 19.9. The van der Waals surface area contributed by atoms with E-state index in [1.807, 2.05) is 0 Å². The Kier molecular flexibility index (Phi) is 4.68. The highest BCUT2D eigenvalue weighted by Gasteiger charge is 2.55. The molecule has 0 saturated carbocycles. The maximum absolute atomic E-state index is 12.5. The summed E-state index contributed by atoms with van der Waals surface area (Å²) in [7, 11) is -4.31. The lowest BCUT2D eigenvalue weighted by Gasteiger charge is -2.38. The number of aromatic nitrogens is 2. The van der Waals surface area contributed by atoms with Gasteiger partial charge in [0.25, 0.3) is 5.91 Å². The second-order valence-electron chi connectivity index (χ2n) is 6.96. The number of benzene rings is 1. The number of amides is 1. The summed E-state index contributed by atoms with van der Waals surface area (Å²) < 4.78 is 32.1. The predicted octanol–water partition coefficient (Wildman–Crippen LogP) is 0.352. The number of carbonyl (C=O) groups is 1. The van der Waals surface area contributed by atoms with E-state index in [0.29, 0.717) is 11.1 Å². The number of aliphatic hydroxyl groups excluding tert-OH is 1. The fourth-order valence-electron chi connectivity index (χ4n) is 3.89. The van der Waals surface area contributed by atoms with Crippen molar-refractivity contribution in [1.82, 2.24) is 15.3 Å². The molecule has 5 atom stereocenters. The van der Waals surface area contributed by atoms with E-state index in [0.717, 1.165) is 0 Å². The standard InChI is InChI=1S/C14H12NO9P.C4H4N2/c16-6-1-5-4-2-7-12(22-3-21-7)10(17)8(4)14(18)15-9(5)13-11(6)23-25(19,20)24-13;1-2-5-4-6-3-1/h1-2,6,9,11,13,16-17H,3H2,(H,15,18)(H,19,20);1-4H/t6-,9+,11+,13-;/m0./s1. The van der Waals surface area contributed by atoms with Crippen molar-refractivity contribution in [3.63, 3.8) is 0 Å². The number of ether oxygens (including phenoxy) is 2. The molecule has 0 bridgehead atoms. The molecule has 4 N–H and O–H groups in total. The van der Waals surface area contributed by atoms with Gasteiger partial charge in [0.1, 0.15) is 24.6 Å². The lowest BCUT2D eigenvalue weighted by molar-refractivity contribution is 0.0295. The van der Waals surface area contributed by atoms with Crippen LogP contribution >= 0.6 is 7.82 Å². The molecule has 1 aliphatic carbocycles. The van der Waals surface area contributed by atoms with Gasteiger partial charge in [-0.3, -0.25) is 13.8 Å². The second kappa shape index (κ2) is 7.29. The van der Waals surface area contributed by atoms with E-state index in [2.05, 4.69) is 15.3 Å². The number of aromatic hydroxyl groups is 1. The fourth-order valence-corrected chi connectivity index (χ4v) is 5.04. The lowest BCUT2D eigenvalue weighted by Crippen LogP contribution is -2.55. The van der Waals surface area contributed by atoms with Gasteiger partial charge in [0.05, 0.1) is 11.6 Å². The van der Waals surface area contributed by atoms with E-state index < -0.39 is 38.1 Å². The first-order valence-electron chi connectivity index (χ1n) is 9.12. The third-order valence-electron chi connectivity index (χ3n) is 5.12.